The van der Waals surface area contributed by atoms with Crippen LogP contribution in [-0.4, -0.2) is 12.6 Å². The number of alkyl halides is 2. The van der Waals surface area contributed by atoms with E-state index in [1.54, 1.807) is 0 Å². The van der Waals surface area contributed by atoms with Crippen LogP contribution >= 0.6 is 0 Å². The Hall–Kier alpha value is -1.72. The zero-order valence-electron chi connectivity index (χ0n) is 7.76. The third kappa shape index (κ3) is 2.61. The first-order chi connectivity index (χ1) is 6.91. The van der Waals surface area contributed by atoms with E-state index in [0.717, 1.165) is 6.07 Å². The standard InChI is InChI=1S/C9H8F3NO2/c1-4-2-5(13)3-6(7(4)10)8(14)15-9(11)12/h2-3,9H,13H2,1H3. The molecule has 1 rings (SSSR count). The van der Waals surface area contributed by atoms with Crippen LogP contribution in [-0.2, 0) is 4.74 Å². The Morgan fingerprint density at radius 1 is 1.47 bits per heavy atom. The Bertz CT molecular complexity index is 393. The van der Waals surface area contributed by atoms with E-state index >= 15 is 0 Å². The number of esters is 1. The lowest BCUT2D eigenvalue weighted by Gasteiger charge is -2.06. The summed E-state index contributed by atoms with van der Waals surface area (Å²) in [7, 11) is 0. The zero-order chi connectivity index (χ0) is 11.6. The lowest BCUT2D eigenvalue weighted by atomic mass is 10.1. The van der Waals surface area contributed by atoms with Crippen LogP contribution in [0.4, 0.5) is 18.9 Å². The Balaban J connectivity index is 3.08. The van der Waals surface area contributed by atoms with Crippen molar-refractivity contribution in [2.45, 2.75) is 13.5 Å². The van der Waals surface area contributed by atoms with Gasteiger partial charge >= 0.3 is 12.6 Å². The van der Waals surface area contributed by atoms with Crippen LogP contribution in [0.25, 0.3) is 0 Å². The largest absolute Gasteiger partial charge is 0.399 e. The minimum atomic E-state index is -3.28. The van der Waals surface area contributed by atoms with Gasteiger partial charge in [0.05, 0.1) is 5.56 Å². The molecule has 1 aromatic rings. The average Bonchev–Trinajstić information content (AvgIpc) is 2.09. The number of carbonyl (C=O) groups excluding carboxylic acids is 1. The van der Waals surface area contributed by atoms with Crippen LogP contribution in [0, 0.1) is 12.7 Å². The van der Waals surface area contributed by atoms with Gasteiger partial charge in [0.2, 0.25) is 0 Å². The number of anilines is 1. The van der Waals surface area contributed by atoms with E-state index in [-0.39, 0.29) is 11.3 Å². The van der Waals surface area contributed by atoms with E-state index in [9.17, 15) is 18.0 Å². The first-order valence-corrected chi connectivity index (χ1v) is 3.96. The molecule has 0 saturated carbocycles. The van der Waals surface area contributed by atoms with Gasteiger partial charge in [-0.05, 0) is 24.6 Å². The number of aryl methyl sites for hydroxylation is 1. The molecule has 0 fully saturated rings. The van der Waals surface area contributed by atoms with Crippen molar-refractivity contribution in [3.8, 4) is 0 Å². The number of nitrogens with two attached hydrogens (primary N) is 1. The molecule has 0 aromatic heterocycles. The molecule has 0 bridgehead atoms. The molecule has 0 heterocycles. The van der Waals surface area contributed by atoms with E-state index in [1.807, 2.05) is 0 Å². The predicted octanol–water partition coefficient (Wildman–Crippen LogP) is 2.10. The van der Waals surface area contributed by atoms with Gasteiger partial charge in [-0.1, -0.05) is 0 Å². The first-order valence-electron chi connectivity index (χ1n) is 3.96. The fourth-order valence-corrected chi connectivity index (χ4v) is 1.09. The molecular weight excluding hydrogens is 211 g/mol. The minimum Gasteiger partial charge on any atom is -0.399 e. The summed E-state index contributed by atoms with van der Waals surface area (Å²) in [5, 5.41) is 0. The number of halogens is 3. The van der Waals surface area contributed by atoms with Gasteiger partial charge in [0.1, 0.15) is 5.82 Å². The van der Waals surface area contributed by atoms with Crippen molar-refractivity contribution >= 4 is 11.7 Å². The van der Waals surface area contributed by atoms with Crippen LogP contribution in [0.3, 0.4) is 0 Å². The van der Waals surface area contributed by atoms with Crippen molar-refractivity contribution < 1.29 is 22.7 Å². The lowest BCUT2D eigenvalue weighted by Crippen LogP contribution is -2.12. The van der Waals surface area contributed by atoms with Gasteiger partial charge in [0.15, 0.2) is 0 Å². The molecule has 0 amide bonds. The van der Waals surface area contributed by atoms with Crippen molar-refractivity contribution in [1.82, 2.24) is 0 Å². The SMILES string of the molecule is Cc1cc(N)cc(C(=O)OC(F)F)c1F. The molecule has 2 N–H and O–H groups in total. The topological polar surface area (TPSA) is 52.3 Å². The van der Waals surface area contributed by atoms with E-state index in [1.165, 1.54) is 13.0 Å². The van der Waals surface area contributed by atoms with Crippen molar-refractivity contribution in [3.05, 3.63) is 29.1 Å². The van der Waals surface area contributed by atoms with Crippen LogP contribution < -0.4 is 5.73 Å². The highest BCUT2D eigenvalue weighted by Gasteiger charge is 2.19. The minimum absolute atomic E-state index is 0.0937. The fraction of sp³-hybridized carbons (Fsp3) is 0.222. The number of hydrogen-bond acceptors (Lipinski definition) is 3. The summed E-state index contributed by atoms with van der Waals surface area (Å²) in [6.45, 7) is -1.91. The maximum Gasteiger partial charge on any atom is 0.389 e. The molecule has 3 nitrogen and oxygen atoms in total. The average molecular weight is 219 g/mol. The summed E-state index contributed by atoms with van der Waals surface area (Å²) >= 11 is 0. The highest BCUT2D eigenvalue weighted by atomic mass is 19.3. The maximum atomic E-state index is 13.3. The van der Waals surface area contributed by atoms with Crippen molar-refractivity contribution in [2.75, 3.05) is 5.73 Å². The Kier molecular flexibility index (Phi) is 3.18. The molecule has 0 radical (unpaired) electrons. The number of nitrogen functional groups attached to an aromatic ring is 1. The molecule has 82 valence electrons. The van der Waals surface area contributed by atoms with Gasteiger partial charge < -0.3 is 10.5 Å². The van der Waals surface area contributed by atoms with Gasteiger partial charge in [-0.15, -0.1) is 0 Å². The van der Waals surface area contributed by atoms with Crippen LogP contribution in [0.1, 0.15) is 15.9 Å². The smallest absolute Gasteiger partial charge is 0.389 e. The van der Waals surface area contributed by atoms with E-state index in [4.69, 9.17) is 5.73 Å². The summed E-state index contributed by atoms with van der Waals surface area (Å²) in [6.07, 6.45) is 0. The number of rotatable bonds is 2. The monoisotopic (exact) mass is 219 g/mol. The third-order valence-electron chi connectivity index (χ3n) is 1.69. The van der Waals surface area contributed by atoms with Gasteiger partial charge in [-0.25, -0.2) is 9.18 Å². The quantitative estimate of drug-likeness (QED) is 0.612. The normalized spacial score (nSPS) is 10.5. The maximum absolute atomic E-state index is 13.3. The molecule has 0 atom stereocenters. The molecule has 15 heavy (non-hydrogen) atoms. The number of benzene rings is 1. The number of carbonyl (C=O) groups is 1. The first kappa shape index (κ1) is 11.4. The number of hydrogen-bond donors (Lipinski definition) is 1. The summed E-state index contributed by atoms with van der Waals surface area (Å²) in [5.41, 5.74) is 4.95. The van der Waals surface area contributed by atoms with Crippen molar-refractivity contribution in [3.63, 3.8) is 0 Å². The molecule has 1 aromatic carbocycles. The molecular formula is C9H8F3NO2. The van der Waals surface area contributed by atoms with E-state index in [2.05, 4.69) is 4.74 Å². The molecule has 0 spiro atoms. The Morgan fingerprint density at radius 3 is 2.60 bits per heavy atom. The molecule has 0 aliphatic rings. The van der Waals surface area contributed by atoms with Gasteiger partial charge in [-0.2, -0.15) is 8.78 Å². The predicted molar refractivity (Wildman–Crippen MR) is 47.0 cm³/mol. The third-order valence-corrected chi connectivity index (χ3v) is 1.69. The summed E-state index contributed by atoms with van der Waals surface area (Å²) in [4.78, 5) is 11.0. The van der Waals surface area contributed by atoms with Crippen molar-refractivity contribution in [2.24, 2.45) is 0 Å². The fourth-order valence-electron chi connectivity index (χ4n) is 1.09. The summed E-state index contributed by atoms with van der Waals surface area (Å²) in [5.74, 6) is -2.34. The zero-order valence-corrected chi connectivity index (χ0v) is 7.76. The van der Waals surface area contributed by atoms with Gasteiger partial charge in [0, 0.05) is 5.69 Å². The van der Waals surface area contributed by atoms with Gasteiger partial charge in [0.25, 0.3) is 0 Å². The van der Waals surface area contributed by atoms with Crippen molar-refractivity contribution in [1.29, 1.82) is 0 Å². The second-order valence-corrected chi connectivity index (χ2v) is 2.87. The van der Waals surface area contributed by atoms with E-state index < -0.39 is 24.0 Å². The summed E-state index contributed by atoms with van der Waals surface area (Å²) < 4.78 is 40.3. The lowest BCUT2D eigenvalue weighted by molar-refractivity contribution is -0.0908. The molecule has 0 unspecified atom stereocenters. The highest BCUT2D eigenvalue weighted by Crippen LogP contribution is 2.18. The second kappa shape index (κ2) is 4.20. The van der Waals surface area contributed by atoms with Crippen LogP contribution in [0.15, 0.2) is 12.1 Å². The van der Waals surface area contributed by atoms with Crippen LogP contribution in [0.5, 0.6) is 0 Å². The number of ether oxygens (including phenoxy) is 1. The van der Waals surface area contributed by atoms with E-state index in [0.29, 0.717) is 0 Å². The Labute approximate surface area is 83.6 Å². The molecule has 0 saturated heterocycles. The molecule has 0 aliphatic heterocycles. The van der Waals surface area contributed by atoms with Gasteiger partial charge in [-0.3, -0.25) is 0 Å². The second-order valence-electron chi connectivity index (χ2n) is 2.87. The highest BCUT2D eigenvalue weighted by molar-refractivity contribution is 5.91. The summed E-state index contributed by atoms with van der Waals surface area (Å²) in [6, 6.07) is 2.24. The molecule has 6 heteroatoms. The Morgan fingerprint density at radius 2 is 2.07 bits per heavy atom. The van der Waals surface area contributed by atoms with Crippen LogP contribution in [0.2, 0.25) is 0 Å². The molecule has 0 aliphatic carbocycles.